The first-order valence-electron chi connectivity index (χ1n) is 16.7. The molecule has 9 heteroatoms. The summed E-state index contributed by atoms with van der Waals surface area (Å²) in [4.78, 5) is 34.7. The third-order valence-electron chi connectivity index (χ3n) is 12.2. The first kappa shape index (κ1) is 29.8. The number of anilines is 1. The van der Waals surface area contributed by atoms with Crippen molar-refractivity contribution in [3.63, 3.8) is 0 Å². The molecule has 2 atom stereocenters. The third-order valence-corrected chi connectivity index (χ3v) is 12.2. The van der Waals surface area contributed by atoms with Crippen molar-refractivity contribution in [2.24, 2.45) is 11.3 Å². The molecule has 0 N–H and O–H groups in total. The summed E-state index contributed by atoms with van der Waals surface area (Å²) >= 11 is 0. The summed E-state index contributed by atoms with van der Waals surface area (Å²) in [5, 5.41) is 0. The van der Waals surface area contributed by atoms with Gasteiger partial charge in [-0.25, -0.2) is 0 Å². The van der Waals surface area contributed by atoms with E-state index in [1.165, 1.54) is 6.42 Å². The van der Waals surface area contributed by atoms with Crippen molar-refractivity contribution in [2.75, 3.05) is 37.7 Å². The summed E-state index contributed by atoms with van der Waals surface area (Å²) in [5.74, 6) is 0.555. The van der Waals surface area contributed by atoms with E-state index < -0.39 is 23.7 Å². The predicted octanol–water partition coefficient (Wildman–Crippen LogP) is 3.88. The quantitative estimate of drug-likeness (QED) is 0.496. The van der Waals surface area contributed by atoms with Crippen LogP contribution in [0.5, 0.6) is 0 Å². The van der Waals surface area contributed by atoms with Crippen LogP contribution in [0.3, 0.4) is 0 Å². The Kier molecular flexibility index (Phi) is 6.94. The van der Waals surface area contributed by atoms with Crippen molar-refractivity contribution in [2.45, 2.75) is 122 Å². The first-order chi connectivity index (χ1) is 20.2. The lowest BCUT2D eigenvalue weighted by molar-refractivity contribution is -0.145. The molecule has 1 aliphatic carbocycles. The molecule has 1 aromatic rings. The lowest BCUT2D eigenvalue weighted by Gasteiger charge is -2.46. The second kappa shape index (κ2) is 10.0. The van der Waals surface area contributed by atoms with Crippen LogP contribution in [0.4, 0.5) is 5.69 Å². The number of piperidine rings is 1. The van der Waals surface area contributed by atoms with Crippen molar-refractivity contribution < 1.29 is 23.6 Å². The number of hydrogen-bond donors (Lipinski definition) is 0. The summed E-state index contributed by atoms with van der Waals surface area (Å²) in [6, 6.07) is 7.16. The van der Waals surface area contributed by atoms with Crippen LogP contribution in [0.1, 0.15) is 92.6 Å². The molecule has 4 saturated heterocycles. The van der Waals surface area contributed by atoms with Gasteiger partial charge in [0.15, 0.2) is 0 Å². The number of ether oxygens (including phenoxy) is 1. The van der Waals surface area contributed by atoms with E-state index in [1.807, 2.05) is 4.90 Å². The van der Waals surface area contributed by atoms with Crippen LogP contribution in [-0.4, -0.2) is 90.9 Å². The molecular weight excluding hydrogens is 541 g/mol. The smallest absolute Gasteiger partial charge is 0.399 e. The number of likely N-dealkylation sites (tertiary alicyclic amines) is 2. The van der Waals surface area contributed by atoms with Crippen molar-refractivity contribution in [1.82, 2.24) is 9.80 Å². The van der Waals surface area contributed by atoms with Gasteiger partial charge in [0.25, 0.3) is 5.91 Å². The maximum absolute atomic E-state index is 14.6. The van der Waals surface area contributed by atoms with Gasteiger partial charge in [-0.1, -0.05) is 32.9 Å². The summed E-state index contributed by atoms with van der Waals surface area (Å²) < 4.78 is 18.7. The minimum Gasteiger partial charge on any atom is -0.399 e. The zero-order valence-corrected chi connectivity index (χ0v) is 27.3. The SMILES string of the molecule is C[C@H]1CCO[C@H]1C(=O)N1CCC2(CC1)C(=O)N(C1CC(N3CCC(C)(C)C3)C1)c1cc(B3OC(C)(C)C(C)(C)O3)ccc12. The molecule has 1 saturated carbocycles. The number of fused-ring (bicyclic) bond motifs is 2. The summed E-state index contributed by atoms with van der Waals surface area (Å²) in [7, 11) is -0.474. The van der Waals surface area contributed by atoms with Crippen molar-refractivity contribution >= 4 is 30.1 Å². The standard InChI is InChI=1S/C34H50BN3O5/c1-22-10-17-41-28(22)29(39)36-15-12-34(13-16-36)26-9-8-23(35-42-32(4,5)33(6,7)43-35)18-27(26)38(30(34)40)25-19-24(20-25)37-14-11-31(2,3)21-37/h8-9,18,22,24-25,28H,10-17,19-21H2,1-7H3/t22-,24?,25?,28+/m0/s1. The van der Waals surface area contributed by atoms with E-state index in [4.69, 9.17) is 14.0 Å². The average Bonchev–Trinajstić information content (AvgIpc) is 3.63. The van der Waals surface area contributed by atoms with Gasteiger partial charge in [0.05, 0.1) is 16.6 Å². The Hall–Kier alpha value is -1.94. The van der Waals surface area contributed by atoms with Gasteiger partial charge >= 0.3 is 7.12 Å². The molecule has 1 aromatic carbocycles. The van der Waals surface area contributed by atoms with E-state index in [0.29, 0.717) is 44.0 Å². The van der Waals surface area contributed by atoms with Gasteiger partial charge in [-0.3, -0.25) is 14.5 Å². The molecule has 234 valence electrons. The van der Waals surface area contributed by atoms with E-state index in [9.17, 15) is 9.59 Å². The van der Waals surface area contributed by atoms with Crippen LogP contribution < -0.4 is 10.4 Å². The van der Waals surface area contributed by atoms with Gasteiger partial charge in [0, 0.05) is 44.0 Å². The Morgan fingerprint density at radius 1 is 0.930 bits per heavy atom. The number of amides is 2. The summed E-state index contributed by atoms with van der Waals surface area (Å²) in [5.41, 5.74) is 2.01. The average molecular weight is 592 g/mol. The molecule has 2 amide bonds. The van der Waals surface area contributed by atoms with Gasteiger partial charge in [0.2, 0.25) is 5.91 Å². The van der Waals surface area contributed by atoms with E-state index in [2.05, 4.69) is 76.5 Å². The predicted molar refractivity (Wildman–Crippen MR) is 167 cm³/mol. The Bertz CT molecular complexity index is 1280. The molecule has 5 aliphatic heterocycles. The third kappa shape index (κ3) is 4.71. The molecule has 6 aliphatic rings. The van der Waals surface area contributed by atoms with Crippen LogP contribution in [0, 0.1) is 11.3 Å². The molecule has 0 bridgehead atoms. The number of carbonyl (C=O) groups is 2. The minimum atomic E-state index is -0.594. The normalized spacial score (nSPS) is 34.2. The molecule has 7 rings (SSSR count). The zero-order chi connectivity index (χ0) is 30.5. The molecular formula is C34H50BN3O5. The topological polar surface area (TPSA) is 71.6 Å². The lowest BCUT2D eigenvalue weighted by atomic mass is 9.71. The van der Waals surface area contributed by atoms with Crippen LogP contribution >= 0.6 is 0 Å². The molecule has 43 heavy (non-hydrogen) atoms. The van der Waals surface area contributed by atoms with E-state index in [1.54, 1.807) is 0 Å². The molecule has 5 heterocycles. The van der Waals surface area contributed by atoms with Gasteiger partial charge in [-0.2, -0.15) is 0 Å². The first-order valence-corrected chi connectivity index (χ1v) is 16.7. The molecule has 1 spiro atoms. The second-order valence-electron chi connectivity index (χ2n) is 16.2. The minimum absolute atomic E-state index is 0.0915. The van der Waals surface area contributed by atoms with E-state index >= 15 is 0 Å². The van der Waals surface area contributed by atoms with Gasteiger partial charge in [0.1, 0.15) is 6.10 Å². The lowest BCUT2D eigenvalue weighted by Crippen LogP contribution is -2.58. The number of hydrogen-bond acceptors (Lipinski definition) is 6. The monoisotopic (exact) mass is 591 g/mol. The van der Waals surface area contributed by atoms with E-state index in [0.717, 1.165) is 49.1 Å². The Morgan fingerprint density at radius 3 is 2.19 bits per heavy atom. The number of nitrogens with zero attached hydrogens (tertiary/aromatic N) is 3. The zero-order valence-electron chi connectivity index (χ0n) is 27.3. The maximum atomic E-state index is 14.6. The fourth-order valence-corrected chi connectivity index (χ4v) is 8.41. The maximum Gasteiger partial charge on any atom is 0.494 e. The molecule has 0 unspecified atom stereocenters. The van der Waals surface area contributed by atoms with Crippen LogP contribution in [0.15, 0.2) is 18.2 Å². The molecule has 0 aromatic heterocycles. The Labute approximate surface area is 257 Å². The highest BCUT2D eigenvalue weighted by atomic mass is 16.7. The Balaban J connectivity index is 1.16. The summed E-state index contributed by atoms with van der Waals surface area (Å²) in [6.45, 7) is 19.2. The largest absolute Gasteiger partial charge is 0.494 e. The van der Waals surface area contributed by atoms with Crippen LogP contribution in [0.2, 0.25) is 0 Å². The highest BCUT2D eigenvalue weighted by Crippen LogP contribution is 2.51. The van der Waals surface area contributed by atoms with Gasteiger partial charge in [-0.05, 0) is 101 Å². The van der Waals surface area contributed by atoms with Crippen LogP contribution in [-0.2, 0) is 29.0 Å². The molecule has 8 nitrogen and oxygen atoms in total. The summed E-state index contributed by atoms with van der Waals surface area (Å²) in [6.07, 6.45) is 5.14. The fourth-order valence-electron chi connectivity index (χ4n) is 8.41. The van der Waals surface area contributed by atoms with Gasteiger partial charge < -0.3 is 23.8 Å². The highest BCUT2D eigenvalue weighted by Gasteiger charge is 2.57. The molecule has 5 fully saturated rings. The van der Waals surface area contributed by atoms with Crippen molar-refractivity contribution in [3.05, 3.63) is 23.8 Å². The second-order valence-corrected chi connectivity index (χ2v) is 16.2. The Morgan fingerprint density at radius 2 is 1.60 bits per heavy atom. The highest BCUT2D eigenvalue weighted by molar-refractivity contribution is 6.62. The van der Waals surface area contributed by atoms with E-state index in [-0.39, 0.29) is 29.9 Å². The van der Waals surface area contributed by atoms with Crippen molar-refractivity contribution in [3.8, 4) is 0 Å². The van der Waals surface area contributed by atoms with Gasteiger partial charge in [-0.15, -0.1) is 0 Å². The molecule has 0 radical (unpaired) electrons. The number of rotatable bonds is 4. The van der Waals surface area contributed by atoms with Crippen LogP contribution in [0.25, 0.3) is 0 Å². The number of benzene rings is 1. The number of carbonyl (C=O) groups excluding carboxylic acids is 2. The fraction of sp³-hybridized carbons (Fsp3) is 0.765. The van der Waals surface area contributed by atoms with Crippen molar-refractivity contribution in [1.29, 1.82) is 0 Å².